The molecule has 0 fully saturated rings. The van der Waals surface area contributed by atoms with Crippen LogP contribution in [0.2, 0.25) is 0 Å². The Morgan fingerprint density at radius 3 is 2.30 bits per heavy atom. The highest BCUT2D eigenvalue weighted by molar-refractivity contribution is 9.10. The number of esters is 1. The van der Waals surface area contributed by atoms with Crippen LogP contribution in [0, 0.1) is 0 Å². The van der Waals surface area contributed by atoms with Crippen LogP contribution in [0.1, 0.15) is 10.4 Å². The lowest BCUT2D eigenvalue weighted by molar-refractivity contribution is -0.119. The molecule has 1 heterocycles. The van der Waals surface area contributed by atoms with Gasteiger partial charge in [0.25, 0.3) is 5.91 Å². The van der Waals surface area contributed by atoms with Crippen molar-refractivity contribution in [1.82, 2.24) is 9.97 Å². The van der Waals surface area contributed by atoms with Crippen molar-refractivity contribution in [3.63, 3.8) is 0 Å². The van der Waals surface area contributed by atoms with E-state index in [0.29, 0.717) is 21.2 Å². The van der Waals surface area contributed by atoms with E-state index >= 15 is 0 Å². The zero-order valence-electron chi connectivity index (χ0n) is 14.7. The molecule has 30 heavy (non-hydrogen) atoms. The van der Waals surface area contributed by atoms with E-state index in [-0.39, 0.29) is 5.56 Å². The van der Waals surface area contributed by atoms with Gasteiger partial charge in [-0.05, 0) is 52.3 Å². The van der Waals surface area contributed by atoms with E-state index in [1.165, 1.54) is 6.07 Å². The fourth-order valence-electron chi connectivity index (χ4n) is 2.44. The highest BCUT2D eigenvalue weighted by atomic mass is 79.9. The maximum Gasteiger partial charge on any atom is 0.341 e. The summed E-state index contributed by atoms with van der Waals surface area (Å²) >= 11 is 3.24. The van der Waals surface area contributed by atoms with Crippen molar-refractivity contribution in [3.05, 3.63) is 56.9 Å². The summed E-state index contributed by atoms with van der Waals surface area (Å²) in [6.07, 6.45) is 0. The number of aromatic amines is 2. The van der Waals surface area contributed by atoms with Crippen LogP contribution in [0.25, 0.3) is 11.0 Å². The number of amides is 1. The molecular formula is C17H12BrF2N3O6S. The number of fused-ring (bicyclic) bond motifs is 1. The van der Waals surface area contributed by atoms with Gasteiger partial charge in [-0.1, -0.05) is 0 Å². The first kappa shape index (κ1) is 21.6. The Balaban J connectivity index is 1.63. The SMILES string of the molecule is O=C(COC(=O)c1ccc(S(=O)(=O)C(F)F)cc1)Nc1cc2[nH]c(=O)[nH]c2cc1Br. The van der Waals surface area contributed by atoms with Gasteiger partial charge in [0.05, 0.1) is 27.2 Å². The zero-order valence-corrected chi connectivity index (χ0v) is 17.1. The predicted octanol–water partition coefficient (Wildman–Crippen LogP) is 2.41. The monoisotopic (exact) mass is 503 g/mol. The number of hydrogen-bond acceptors (Lipinski definition) is 6. The smallest absolute Gasteiger partial charge is 0.341 e. The number of ether oxygens (including phenoxy) is 1. The second kappa shape index (κ2) is 8.36. The van der Waals surface area contributed by atoms with Gasteiger partial charge in [-0.3, -0.25) is 4.79 Å². The lowest BCUT2D eigenvalue weighted by Gasteiger charge is -2.09. The van der Waals surface area contributed by atoms with Gasteiger partial charge in [0.2, 0.25) is 9.84 Å². The molecule has 3 N–H and O–H groups in total. The number of benzene rings is 2. The molecule has 3 rings (SSSR count). The number of nitrogens with one attached hydrogen (secondary N) is 3. The number of sulfone groups is 1. The molecule has 1 amide bonds. The minimum atomic E-state index is -4.78. The molecule has 9 nitrogen and oxygen atoms in total. The van der Waals surface area contributed by atoms with Gasteiger partial charge in [-0.25, -0.2) is 18.0 Å². The molecule has 1 aromatic heterocycles. The number of hydrogen-bond donors (Lipinski definition) is 3. The van der Waals surface area contributed by atoms with Gasteiger partial charge < -0.3 is 20.0 Å². The van der Waals surface area contributed by atoms with Crippen molar-refractivity contribution in [3.8, 4) is 0 Å². The second-order valence-corrected chi connectivity index (χ2v) is 8.68. The number of anilines is 1. The minimum Gasteiger partial charge on any atom is -0.452 e. The van der Waals surface area contributed by atoms with Crippen LogP contribution in [-0.4, -0.2) is 42.6 Å². The molecule has 158 valence electrons. The van der Waals surface area contributed by atoms with Gasteiger partial charge in [0.1, 0.15) is 0 Å². The molecule has 0 spiro atoms. The van der Waals surface area contributed by atoms with E-state index in [1.54, 1.807) is 6.07 Å². The first-order valence-electron chi connectivity index (χ1n) is 8.08. The fourth-order valence-corrected chi connectivity index (χ4v) is 3.60. The number of carbonyl (C=O) groups is 2. The van der Waals surface area contributed by atoms with Crippen LogP contribution >= 0.6 is 15.9 Å². The molecule has 0 atom stereocenters. The standard InChI is InChI=1S/C17H12BrF2N3O6S/c18-10-5-12-13(23-17(26)22-12)6-11(10)21-14(24)7-29-15(25)8-1-3-9(4-2-8)30(27,28)16(19)20/h1-6,16H,7H2,(H,21,24)(H2,22,23,26). The molecular weight excluding hydrogens is 492 g/mol. The van der Waals surface area contributed by atoms with Crippen LogP contribution < -0.4 is 11.0 Å². The summed E-state index contributed by atoms with van der Waals surface area (Å²) in [6, 6.07) is 6.78. The molecule has 13 heteroatoms. The third kappa shape index (κ3) is 4.57. The number of rotatable bonds is 6. The predicted molar refractivity (Wildman–Crippen MR) is 105 cm³/mol. The van der Waals surface area contributed by atoms with Crippen molar-refractivity contribution >= 4 is 54.4 Å². The summed E-state index contributed by atoms with van der Waals surface area (Å²) < 4.78 is 53.1. The van der Waals surface area contributed by atoms with E-state index in [2.05, 4.69) is 31.2 Å². The Morgan fingerprint density at radius 2 is 1.70 bits per heavy atom. The maximum atomic E-state index is 12.5. The number of aromatic nitrogens is 2. The van der Waals surface area contributed by atoms with E-state index in [0.717, 1.165) is 24.3 Å². The highest BCUT2D eigenvalue weighted by Gasteiger charge is 2.26. The number of imidazole rings is 1. The molecule has 3 aromatic rings. The average Bonchev–Trinajstić information content (AvgIpc) is 3.05. The van der Waals surface area contributed by atoms with Crippen LogP contribution in [0.15, 0.2) is 50.6 Å². The summed E-state index contributed by atoms with van der Waals surface area (Å²) in [7, 11) is -4.78. The Labute approximate surface area is 175 Å². The summed E-state index contributed by atoms with van der Waals surface area (Å²) in [5.41, 5.74) is 0.758. The third-order valence-corrected chi connectivity index (χ3v) is 5.92. The minimum absolute atomic E-state index is 0.122. The van der Waals surface area contributed by atoms with E-state index in [1.807, 2.05) is 0 Å². The molecule has 0 bridgehead atoms. The fraction of sp³-hybridized carbons (Fsp3) is 0.118. The molecule has 0 saturated carbocycles. The van der Waals surface area contributed by atoms with Crippen molar-refractivity contribution in [1.29, 1.82) is 0 Å². The third-order valence-electron chi connectivity index (χ3n) is 3.87. The summed E-state index contributed by atoms with van der Waals surface area (Å²) in [5, 5.41) is 2.50. The lowest BCUT2D eigenvalue weighted by Crippen LogP contribution is -2.21. The molecule has 0 aliphatic rings. The number of alkyl halides is 2. The summed E-state index contributed by atoms with van der Waals surface area (Å²) in [6.45, 7) is -0.663. The largest absolute Gasteiger partial charge is 0.452 e. The molecule has 0 aliphatic carbocycles. The number of carbonyl (C=O) groups excluding carboxylic acids is 2. The van der Waals surface area contributed by atoms with Crippen molar-refractivity contribution in [2.24, 2.45) is 0 Å². The van der Waals surface area contributed by atoms with Crippen LogP contribution in [0.4, 0.5) is 14.5 Å². The summed E-state index contributed by atoms with van der Waals surface area (Å²) in [5.74, 6) is -5.21. The number of H-pyrrole nitrogens is 2. The van der Waals surface area contributed by atoms with Gasteiger partial charge in [0.15, 0.2) is 6.61 Å². The van der Waals surface area contributed by atoms with E-state index in [4.69, 9.17) is 4.74 Å². The molecule has 2 aromatic carbocycles. The second-order valence-electron chi connectivity index (χ2n) is 5.91. The van der Waals surface area contributed by atoms with Crippen LogP contribution in [0.3, 0.4) is 0 Å². The van der Waals surface area contributed by atoms with Gasteiger partial charge in [-0.2, -0.15) is 8.78 Å². The van der Waals surface area contributed by atoms with Crippen molar-refractivity contribution in [2.75, 3.05) is 11.9 Å². The van der Waals surface area contributed by atoms with E-state index < -0.39 is 44.7 Å². The van der Waals surface area contributed by atoms with Gasteiger partial charge >= 0.3 is 17.4 Å². The maximum absolute atomic E-state index is 12.5. The van der Waals surface area contributed by atoms with Crippen molar-refractivity contribution < 1.29 is 31.5 Å². The van der Waals surface area contributed by atoms with Crippen LogP contribution in [-0.2, 0) is 19.4 Å². The molecule has 0 radical (unpaired) electrons. The first-order chi connectivity index (χ1) is 14.1. The zero-order chi connectivity index (χ0) is 22.1. The molecule has 0 aliphatic heterocycles. The molecule has 0 saturated heterocycles. The Bertz CT molecular complexity index is 1290. The normalized spacial score (nSPS) is 11.6. The number of halogens is 3. The quantitative estimate of drug-likeness (QED) is 0.441. The van der Waals surface area contributed by atoms with Crippen LogP contribution in [0.5, 0.6) is 0 Å². The highest BCUT2D eigenvalue weighted by Crippen LogP contribution is 2.26. The average molecular weight is 504 g/mol. The molecule has 0 unspecified atom stereocenters. The topological polar surface area (TPSA) is 138 Å². The lowest BCUT2D eigenvalue weighted by atomic mass is 10.2. The van der Waals surface area contributed by atoms with E-state index in [9.17, 15) is 31.6 Å². The Morgan fingerprint density at radius 1 is 1.10 bits per heavy atom. The Kier molecular flexibility index (Phi) is 6.03. The summed E-state index contributed by atoms with van der Waals surface area (Å²) in [4.78, 5) is 39.8. The van der Waals surface area contributed by atoms with Crippen molar-refractivity contribution in [2.45, 2.75) is 10.7 Å². The Hall–Kier alpha value is -3.06. The van der Waals surface area contributed by atoms with Gasteiger partial charge in [0, 0.05) is 4.47 Å². The first-order valence-corrected chi connectivity index (χ1v) is 10.4. The van der Waals surface area contributed by atoms with Gasteiger partial charge in [-0.15, -0.1) is 0 Å².